The van der Waals surface area contributed by atoms with E-state index in [4.69, 9.17) is 11.6 Å². The Kier molecular flexibility index (Phi) is 8.30. The molecule has 4 heterocycles. The molecule has 224 valence electrons. The first-order chi connectivity index (χ1) is 21.3. The number of carbonyl (C=O) groups is 3. The van der Waals surface area contributed by atoms with Crippen LogP contribution in [0.1, 0.15) is 53.1 Å². The van der Waals surface area contributed by atoms with Gasteiger partial charge in [-0.3, -0.25) is 19.3 Å². The molecule has 0 aliphatic carbocycles. The summed E-state index contributed by atoms with van der Waals surface area (Å²) >= 11 is 6.06. The third-order valence-corrected chi connectivity index (χ3v) is 8.33. The van der Waals surface area contributed by atoms with Crippen LogP contribution in [0.4, 0.5) is 10.2 Å². The first-order valence-electron chi connectivity index (χ1n) is 14.4. The molecule has 1 unspecified atom stereocenters. The second kappa shape index (κ2) is 12.5. The van der Waals surface area contributed by atoms with E-state index >= 15 is 4.39 Å². The molecule has 2 aromatic carbocycles. The van der Waals surface area contributed by atoms with Gasteiger partial charge in [0.15, 0.2) is 11.6 Å². The number of pyridine rings is 1. The summed E-state index contributed by atoms with van der Waals surface area (Å²) in [6.45, 7) is 2.74. The van der Waals surface area contributed by atoms with Crippen LogP contribution in [0, 0.1) is 12.7 Å². The third-order valence-electron chi connectivity index (χ3n) is 8.04. The highest BCUT2D eigenvalue weighted by Gasteiger charge is 2.37. The number of tetrazole rings is 1. The molecule has 2 aliphatic heterocycles. The Labute approximate surface area is 258 Å². The normalized spacial score (nSPS) is 16.8. The first kappa shape index (κ1) is 29.3. The van der Waals surface area contributed by atoms with Crippen molar-refractivity contribution >= 4 is 41.1 Å². The van der Waals surface area contributed by atoms with Crippen molar-refractivity contribution in [1.29, 1.82) is 0 Å². The lowest BCUT2D eigenvalue weighted by molar-refractivity contribution is -0.136. The SMILES string of the molecule is Cc1ccc(CC(=O)C2c3ccnc(N4CCCCC4=O)c3CCN2C(=O)/C=C/c2c(-n3cnnn3)ccc(Cl)c2F)cc1. The van der Waals surface area contributed by atoms with Gasteiger partial charge in [-0.1, -0.05) is 41.4 Å². The quantitative estimate of drug-likeness (QED) is 0.279. The van der Waals surface area contributed by atoms with Gasteiger partial charge in [0.05, 0.1) is 10.7 Å². The van der Waals surface area contributed by atoms with Crippen molar-refractivity contribution in [2.24, 2.45) is 0 Å². The zero-order valence-electron chi connectivity index (χ0n) is 24.0. The van der Waals surface area contributed by atoms with Gasteiger partial charge in [0.1, 0.15) is 18.2 Å². The van der Waals surface area contributed by atoms with Crippen LogP contribution in [0.5, 0.6) is 0 Å². The smallest absolute Gasteiger partial charge is 0.247 e. The number of anilines is 1. The lowest BCUT2D eigenvalue weighted by Crippen LogP contribution is -2.44. The van der Waals surface area contributed by atoms with E-state index in [2.05, 4.69) is 20.5 Å². The lowest BCUT2D eigenvalue weighted by Gasteiger charge is -2.38. The van der Waals surface area contributed by atoms with Crippen molar-refractivity contribution in [3.05, 3.63) is 99.7 Å². The Morgan fingerprint density at radius 1 is 1.07 bits per heavy atom. The average Bonchev–Trinajstić information content (AvgIpc) is 3.57. The number of piperidine rings is 1. The summed E-state index contributed by atoms with van der Waals surface area (Å²) in [6.07, 6.45) is 8.10. The van der Waals surface area contributed by atoms with Gasteiger partial charge in [0.2, 0.25) is 11.8 Å². The molecule has 2 aliphatic rings. The topological polar surface area (TPSA) is 114 Å². The van der Waals surface area contributed by atoms with Crippen LogP contribution >= 0.6 is 11.6 Å². The Balaban J connectivity index is 1.37. The second-order valence-corrected chi connectivity index (χ2v) is 11.3. The molecule has 12 heteroatoms. The molecule has 0 radical (unpaired) electrons. The molecular formula is C32H29ClFN7O3. The highest BCUT2D eigenvalue weighted by Crippen LogP contribution is 2.37. The number of hydrogen-bond acceptors (Lipinski definition) is 7. The number of carbonyl (C=O) groups excluding carboxylic acids is 3. The Morgan fingerprint density at radius 2 is 1.89 bits per heavy atom. The molecule has 1 atom stereocenters. The van der Waals surface area contributed by atoms with Crippen molar-refractivity contribution < 1.29 is 18.8 Å². The van der Waals surface area contributed by atoms with Crippen molar-refractivity contribution in [1.82, 2.24) is 30.1 Å². The van der Waals surface area contributed by atoms with Crippen molar-refractivity contribution in [2.45, 2.75) is 45.1 Å². The Morgan fingerprint density at radius 3 is 2.64 bits per heavy atom. The van der Waals surface area contributed by atoms with E-state index in [1.54, 1.807) is 23.2 Å². The summed E-state index contributed by atoms with van der Waals surface area (Å²) in [6, 6.07) is 11.4. The maximum absolute atomic E-state index is 15.2. The fourth-order valence-corrected chi connectivity index (χ4v) is 5.99. The van der Waals surface area contributed by atoms with Gasteiger partial charge in [-0.2, -0.15) is 4.68 Å². The van der Waals surface area contributed by atoms with Crippen molar-refractivity contribution in [2.75, 3.05) is 18.0 Å². The molecule has 2 amide bonds. The number of aromatic nitrogens is 5. The average molecular weight is 614 g/mol. The van der Waals surface area contributed by atoms with E-state index < -0.39 is 17.8 Å². The van der Waals surface area contributed by atoms with Gasteiger partial charge in [-0.15, -0.1) is 5.10 Å². The number of nitrogens with zero attached hydrogens (tertiary/aromatic N) is 7. The zero-order valence-corrected chi connectivity index (χ0v) is 24.7. The maximum atomic E-state index is 15.2. The first-order valence-corrected chi connectivity index (χ1v) is 14.8. The molecular weight excluding hydrogens is 585 g/mol. The summed E-state index contributed by atoms with van der Waals surface area (Å²) in [7, 11) is 0. The van der Waals surface area contributed by atoms with Crippen molar-refractivity contribution in [3.63, 3.8) is 0 Å². The summed E-state index contributed by atoms with van der Waals surface area (Å²) in [5.74, 6) is -0.839. The molecule has 0 spiro atoms. The van der Waals surface area contributed by atoms with Crippen molar-refractivity contribution in [3.8, 4) is 5.69 Å². The Hall–Kier alpha value is -4.77. The Bertz CT molecular complexity index is 1760. The van der Waals surface area contributed by atoms with E-state index in [9.17, 15) is 14.4 Å². The molecule has 4 aromatic rings. The van der Waals surface area contributed by atoms with E-state index in [-0.39, 0.29) is 35.2 Å². The van der Waals surface area contributed by atoms with E-state index in [0.29, 0.717) is 36.5 Å². The monoisotopic (exact) mass is 613 g/mol. The van der Waals surface area contributed by atoms with Gasteiger partial charge in [0, 0.05) is 49.3 Å². The third kappa shape index (κ3) is 5.74. The van der Waals surface area contributed by atoms with Crippen LogP contribution in [0.3, 0.4) is 0 Å². The van der Waals surface area contributed by atoms with Crippen LogP contribution < -0.4 is 4.90 Å². The van der Waals surface area contributed by atoms with E-state index in [1.807, 2.05) is 31.2 Å². The number of amides is 2. The summed E-state index contributed by atoms with van der Waals surface area (Å²) in [4.78, 5) is 48.4. The zero-order chi connectivity index (χ0) is 30.8. The fourth-order valence-electron chi connectivity index (χ4n) is 5.82. The molecule has 0 N–H and O–H groups in total. The minimum absolute atomic E-state index is 0.00283. The molecule has 44 heavy (non-hydrogen) atoms. The van der Waals surface area contributed by atoms with Gasteiger partial charge in [-0.25, -0.2) is 9.37 Å². The summed E-state index contributed by atoms with van der Waals surface area (Å²) in [5, 5.41) is 10.9. The molecule has 0 saturated carbocycles. The largest absolute Gasteiger partial charge is 0.325 e. The van der Waals surface area contributed by atoms with Gasteiger partial charge < -0.3 is 4.90 Å². The molecule has 1 saturated heterocycles. The number of halogens is 2. The van der Waals surface area contributed by atoms with Crippen LogP contribution in [0.25, 0.3) is 11.8 Å². The number of fused-ring (bicyclic) bond motifs is 1. The van der Waals surface area contributed by atoms with Crippen LogP contribution in [-0.4, -0.2) is 60.8 Å². The molecule has 0 bridgehead atoms. The number of rotatable bonds is 7. The molecule has 10 nitrogen and oxygen atoms in total. The lowest BCUT2D eigenvalue weighted by atomic mass is 9.88. The standard InChI is InChI=1S/C32H29ClFN7O3/c1-20-5-7-21(8-6-20)18-27(42)31-22-13-15-35-32(40-16-3-2-4-28(40)43)23(22)14-17-39(31)29(44)12-9-24-26(41-19-36-37-38-41)11-10-25(33)30(24)34/h5-13,15,19,31H,2-4,14,16-18H2,1H3/b12-9+. The van der Waals surface area contributed by atoms with Gasteiger partial charge >= 0.3 is 0 Å². The predicted octanol–water partition coefficient (Wildman–Crippen LogP) is 4.63. The van der Waals surface area contributed by atoms with Gasteiger partial charge in [0.25, 0.3) is 0 Å². The highest BCUT2D eigenvalue weighted by atomic mass is 35.5. The number of Topliss-reactive ketones (excluding diaryl/α,β-unsaturated/α-hetero) is 1. The number of benzene rings is 2. The number of ketones is 1. The van der Waals surface area contributed by atoms with Crippen LogP contribution in [0.2, 0.25) is 5.02 Å². The minimum Gasteiger partial charge on any atom is -0.325 e. The summed E-state index contributed by atoms with van der Waals surface area (Å²) < 4.78 is 16.5. The predicted molar refractivity (Wildman–Crippen MR) is 162 cm³/mol. The van der Waals surface area contributed by atoms with E-state index in [1.165, 1.54) is 34.1 Å². The maximum Gasteiger partial charge on any atom is 0.247 e. The minimum atomic E-state index is -0.929. The van der Waals surface area contributed by atoms with Gasteiger partial charge in [-0.05, 0) is 72.0 Å². The molecule has 1 fully saturated rings. The second-order valence-electron chi connectivity index (χ2n) is 10.9. The fraction of sp³-hybridized carbons (Fsp3) is 0.281. The van der Waals surface area contributed by atoms with Crippen LogP contribution in [0.15, 0.2) is 61.1 Å². The highest BCUT2D eigenvalue weighted by molar-refractivity contribution is 6.31. The number of aryl methyl sites for hydroxylation is 1. The van der Waals surface area contributed by atoms with Crippen LogP contribution in [-0.2, 0) is 27.2 Å². The number of hydrogen-bond donors (Lipinski definition) is 0. The molecule has 2 aromatic heterocycles. The van der Waals surface area contributed by atoms with E-state index in [0.717, 1.165) is 29.5 Å². The summed E-state index contributed by atoms with van der Waals surface area (Å²) in [5.41, 5.74) is 3.64. The molecule has 6 rings (SSSR count).